The maximum Gasteiger partial charge on any atom is 0.336 e. The van der Waals surface area contributed by atoms with Crippen molar-refractivity contribution in [3.63, 3.8) is 0 Å². The fourth-order valence-corrected chi connectivity index (χ4v) is 4.00. The average molecular weight is 321 g/mol. The van der Waals surface area contributed by atoms with E-state index in [4.69, 9.17) is 13.9 Å². The van der Waals surface area contributed by atoms with Gasteiger partial charge in [-0.2, -0.15) is 0 Å². The van der Waals surface area contributed by atoms with Crippen LogP contribution in [0.2, 0.25) is 0 Å². The number of nitrogens with one attached hydrogen (secondary N) is 2. The van der Waals surface area contributed by atoms with E-state index >= 15 is 0 Å². The Hall–Kier alpha value is -1.11. The Kier molecular flexibility index (Phi) is 6.19. The lowest BCUT2D eigenvalue weighted by Crippen LogP contribution is -2.38. The van der Waals surface area contributed by atoms with Gasteiger partial charge in [0.05, 0.1) is 24.4 Å². The Balaban J connectivity index is 2.94. The summed E-state index contributed by atoms with van der Waals surface area (Å²) in [5.41, 5.74) is 0. The lowest BCUT2D eigenvalue weighted by Gasteiger charge is -2.34. The number of nitrogens with zero attached hydrogens (tertiary/aromatic N) is 1. The largest absolute Gasteiger partial charge is 0.398 e. The van der Waals surface area contributed by atoms with Crippen LogP contribution >= 0.6 is 7.60 Å². The molecule has 0 bridgehead atoms. The molecule has 0 radical (unpaired) electrons. The molecule has 1 unspecified atom stereocenters. The summed E-state index contributed by atoms with van der Waals surface area (Å²) in [6.07, 6.45) is 0.339. The van der Waals surface area contributed by atoms with Gasteiger partial charge in [0.15, 0.2) is 5.84 Å². The van der Waals surface area contributed by atoms with Crippen molar-refractivity contribution in [1.82, 2.24) is 10.6 Å². The maximum atomic E-state index is 12.9. The number of amides is 2. The first-order chi connectivity index (χ1) is 9.79. The molecule has 0 aromatic carbocycles. The molecule has 0 spiro atoms. The average Bonchev–Trinajstić information content (AvgIpc) is 2.69. The van der Waals surface area contributed by atoms with E-state index in [1.54, 1.807) is 27.7 Å². The highest BCUT2D eigenvalue weighted by Crippen LogP contribution is 2.61. The van der Waals surface area contributed by atoms with Gasteiger partial charge in [-0.15, -0.1) is 0 Å². The number of carbonyl (C=O) groups is 1. The zero-order chi connectivity index (χ0) is 16.1. The quantitative estimate of drug-likeness (QED) is 0.527. The monoisotopic (exact) mass is 321 g/mol. The topological polar surface area (TPSA) is 98.2 Å². The van der Waals surface area contributed by atoms with Gasteiger partial charge in [0.25, 0.3) is 0 Å². The van der Waals surface area contributed by atoms with Gasteiger partial charge in [0.2, 0.25) is 0 Å². The Morgan fingerprint density at radius 3 is 2.33 bits per heavy atom. The number of hydrogen-bond acceptors (Lipinski definition) is 6. The third kappa shape index (κ3) is 4.18. The molecule has 1 aliphatic heterocycles. The molecule has 0 aliphatic carbocycles. The fourth-order valence-electron chi connectivity index (χ4n) is 2.14. The summed E-state index contributed by atoms with van der Waals surface area (Å²) < 4.78 is 23.7. The number of hydrogen-bond donors (Lipinski definition) is 2. The van der Waals surface area contributed by atoms with E-state index in [2.05, 4.69) is 15.8 Å². The summed E-state index contributed by atoms with van der Waals surface area (Å²) in [5.74, 6) is 0.357. The number of oxime groups is 1. The molecule has 2 amide bonds. The van der Waals surface area contributed by atoms with E-state index < -0.39 is 18.8 Å². The summed E-state index contributed by atoms with van der Waals surface area (Å²) in [5, 5.41) is 8.23. The predicted octanol–water partition coefficient (Wildman–Crippen LogP) is 2.06. The summed E-state index contributed by atoms with van der Waals surface area (Å²) >= 11 is 0. The molecule has 122 valence electrons. The molecule has 2 N–H and O–H groups in total. The molecule has 9 heteroatoms. The van der Waals surface area contributed by atoms with Crippen molar-refractivity contribution in [1.29, 1.82) is 0 Å². The molecule has 8 nitrogen and oxygen atoms in total. The minimum Gasteiger partial charge on any atom is -0.398 e. The highest BCUT2D eigenvalue weighted by molar-refractivity contribution is 7.55. The van der Waals surface area contributed by atoms with Crippen molar-refractivity contribution in [3.8, 4) is 0 Å². The van der Waals surface area contributed by atoms with Gasteiger partial charge in [-0.3, -0.25) is 9.88 Å². The zero-order valence-electron chi connectivity index (χ0n) is 13.1. The highest BCUT2D eigenvalue weighted by atomic mass is 31.2. The van der Waals surface area contributed by atoms with Crippen LogP contribution in [0.15, 0.2) is 5.16 Å². The van der Waals surface area contributed by atoms with Gasteiger partial charge >= 0.3 is 13.6 Å². The van der Waals surface area contributed by atoms with Crippen LogP contribution in [0.4, 0.5) is 4.79 Å². The highest BCUT2D eigenvalue weighted by Gasteiger charge is 2.47. The molecule has 21 heavy (non-hydrogen) atoms. The third-order valence-corrected chi connectivity index (χ3v) is 5.97. The first-order valence-corrected chi connectivity index (χ1v) is 8.41. The van der Waals surface area contributed by atoms with Gasteiger partial charge in [-0.1, -0.05) is 5.16 Å². The molecule has 0 aromatic heterocycles. The lowest BCUT2D eigenvalue weighted by atomic mass is 10.0. The van der Waals surface area contributed by atoms with E-state index in [1.807, 2.05) is 0 Å². The summed E-state index contributed by atoms with van der Waals surface area (Å²) in [6.45, 7) is 7.67. The van der Waals surface area contributed by atoms with E-state index in [1.165, 1.54) is 7.11 Å². The predicted molar refractivity (Wildman–Crippen MR) is 79.5 cm³/mol. The Morgan fingerprint density at radius 2 is 1.86 bits per heavy atom. The zero-order valence-corrected chi connectivity index (χ0v) is 14.0. The van der Waals surface area contributed by atoms with Gasteiger partial charge in [0, 0.05) is 0 Å². The summed E-state index contributed by atoms with van der Waals surface area (Å²) in [7, 11) is -1.92. The number of carbonyl (C=O) groups excluding carboxylic acids is 1. The molecule has 0 aromatic rings. The molecule has 1 saturated heterocycles. The molecule has 1 atom stereocenters. The molecule has 1 aliphatic rings. The Morgan fingerprint density at radius 1 is 1.29 bits per heavy atom. The van der Waals surface area contributed by atoms with Gasteiger partial charge < -0.3 is 19.2 Å². The standard InChI is InChI=1S/C12H24N3O5P/c1-6-19-21(17,20-7-2)12(3,4)8-9-10(15-18-5)14-11(16)13-9/h9H,6-8H2,1-5H3,(H2,13,14,15,16). The summed E-state index contributed by atoms with van der Waals surface area (Å²) in [6, 6.07) is -0.795. The fraction of sp³-hybridized carbons (Fsp3) is 0.833. The lowest BCUT2D eigenvalue weighted by molar-refractivity contribution is 0.196. The van der Waals surface area contributed by atoms with Crippen molar-refractivity contribution in [2.45, 2.75) is 45.3 Å². The smallest absolute Gasteiger partial charge is 0.336 e. The van der Waals surface area contributed by atoms with Crippen molar-refractivity contribution < 1.29 is 23.2 Å². The van der Waals surface area contributed by atoms with Crippen LogP contribution in [0.3, 0.4) is 0 Å². The second-order valence-corrected chi connectivity index (χ2v) is 7.88. The van der Waals surface area contributed by atoms with Crippen LogP contribution in [0.5, 0.6) is 0 Å². The van der Waals surface area contributed by atoms with E-state index in [9.17, 15) is 9.36 Å². The first-order valence-electron chi connectivity index (χ1n) is 6.87. The van der Waals surface area contributed by atoms with E-state index in [0.29, 0.717) is 12.3 Å². The molecule has 1 fully saturated rings. The molecular weight excluding hydrogens is 297 g/mol. The van der Waals surface area contributed by atoms with E-state index in [-0.39, 0.29) is 19.2 Å². The number of rotatable bonds is 8. The molecular formula is C12H24N3O5P. The van der Waals surface area contributed by atoms with Crippen molar-refractivity contribution in [3.05, 3.63) is 0 Å². The van der Waals surface area contributed by atoms with Crippen LogP contribution < -0.4 is 10.6 Å². The third-order valence-electron chi connectivity index (χ3n) is 3.11. The van der Waals surface area contributed by atoms with Crippen LogP contribution in [-0.4, -0.2) is 43.4 Å². The van der Waals surface area contributed by atoms with Crippen LogP contribution in [0.25, 0.3) is 0 Å². The van der Waals surface area contributed by atoms with Crippen molar-refractivity contribution in [2.24, 2.45) is 5.16 Å². The van der Waals surface area contributed by atoms with Crippen LogP contribution in [-0.2, 0) is 18.5 Å². The minimum atomic E-state index is -3.31. The number of urea groups is 1. The Labute approximate surface area is 125 Å². The Bertz CT molecular complexity index is 442. The van der Waals surface area contributed by atoms with E-state index in [0.717, 1.165) is 0 Å². The second-order valence-electron chi connectivity index (χ2n) is 5.16. The molecule has 1 rings (SSSR count). The van der Waals surface area contributed by atoms with Crippen molar-refractivity contribution in [2.75, 3.05) is 20.3 Å². The SMILES string of the molecule is CCOP(=O)(OCC)C(C)(C)CC1NC(=O)NC1=NOC. The second kappa shape index (κ2) is 7.24. The number of amidine groups is 1. The normalized spacial score (nSPS) is 21.3. The van der Waals surface area contributed by atoms with Gasteiger partial charge in [-0.25, -0.2) is 4.79 Å². The molecule has 1 heterocycles. The summed E-state index contributed by atoms with van der Waals surface area (Å²) in [4.78, 5) is 16.1. The maximum absolute atomic E-state index is 12.9. The van der Waals surface area contributed by atoms with Gasteiger partial charge in [0.1, 0.15) is 7.11 Å². The molecule has 0 saturated carbocycles. The van der Waals surface area contributed by atoms with Crippen LogP contribution in [0, 0.1) is 0 Å². The minimum absolute atomic E-state index is 0.287. The van der Waals surface area contributed by atoms with Gasteiger partial charge in [-0.05, 0) is 34.1 Å². The first kappa shape index (κ1) is 17.9. The van der Waals surface area contributed by atoms with Crippen molar-refractivity contribution >= 4 is 19.5 Å². The van der Waals surface area contributed by atoms with Crippen LogP contribution in [0.1, 0.15) is 34.1 Å².